The summed E-state index contributed by atoms with van der Waals surface area (Å²) in [7, 11) is 3.03. The second-order valence-corrected chi connectivity index (χ2v) is 5.64. The molecule has 2 rings (SSSR count). The third kappa shape index (κ3) is 6.00. The maximum absolute atomic E-state index is 13.1. The van der Waals surface area contributed by atoms with E-state index >= 15 is 0 Å². The Kier molecular flexibility index (Phi) is 7.19. The van der Waals surface area contributed by atoms with Crippen LogP contribution < -0.4 is 14.8 Å². The van der Waals surface area contributed by atoms with Crippen molar-refractivity contribution in [2.45, 2.75) is 0 Å². The lowest BCUT2D eigenvalue weighted by molar-refractivity contribution is -0.142. The van der Waals surface area contributed by atoms with Crippen molar-refractivity contribution in [1.82, 2.24) is 0 Å². The summed E-state index contributed by atoms with van der Waals surface area (Å²) in [5, 5.41) is 2.32. The lowest BCUT2D eigenvalue weighted by Gasteiger charge is -2.07. The van der Waals surface area contributed by atoms with E-state index in [1.165, 1.54) is 38.5 Å². The van der Waals surface area contributed by atoms with Crippen molar-refractivity contribution in [3.63, 3.8) is 0 Å². The van der Waals surface area contributed by atoms with Crippen molar-refractivity contribution in [3.8, 4) is 11.5 Å². The van der Waals surface area contributed by atoms with Crippen LogP contribution in [0.3, 0.4) is 0 Å². The van der Waals surface area contributed by atoms with Crippen molar-refractivity contribution >= 4 is 35.2 Å². The second-order valence-electron chi connectivity index (χ2n) is 5.23. The number of hydrogen-bond donors (Lipinski definition) is 1. The number of hydrogen-bond acceptors (Lipinski definition) is 5. The summed E-state index contributed by atoms with van der Waals surface area (Å²) in [5.41, 5.74) is 0.985. The number of anilines is 1. The van der Waals surface area contributed by atoms with Gasteiger partial charge in [0, 0.05) is 11.8 Å². The molecule has 142 valence electrons. The molecule has 0 unspecified atom stereocenters. The third-order valence-electron chi connectivity index (χ3n) is 3.37. The molecular formula is C19H17ClFNO5. The van der Waals surface area contributed by atoms with Gasteiger partial charge < -0.3 is 19.5 Å². The van der Waals surface area contributed by atoms with Gasteiger partial charge in [-0.3, -0.25) is 4.79 Å². The van der Waals surface area contributed by atoms with Gasteiger partial charge in [0.15, 0.2) is 18.1 Å². The van der Waals surface area contributed by atoms with Gasteiger partial charge in [0.2, 0.25) is 0 Å². The smallest absolute Gasteiger partial charge is 0.331 e. The van der Waals surface area contributed by atoms with Crippen LogP contribution in [-0.4, -0.2) is 32.7 Å². The minimum absolute atomic E-state index is 0.123. The number of nitrogens with one attached hydrogen (secondary N) is 1. The number of amides is 1. The molecule has 0 aliphatic carbocycles. The highest BCUT2D eigenvalue weighted by Crippen LogP contribution is 2.28. The van der Waals surface area contributed by atoms with Crippen molar-refractivity contribution in [3.05, 3.63) is 58.9 Å². The topological polar surface area (TPSA) is 73.9 Å². The molecular weight excluding hydrogens is 377 g/mol. The molecule has 0 heterocycles. The Morgan fingerprint density at radius 3 is 2.52 bits per heavy atom. The number of rotatable bonds is 7. The summed E-state index contributed by atoms with van der Waals surface area (Å²) >= 11 is 5.63. The number of esters is 1. The molecule has 27 heavy (non-hydrogen) atoms. The number of carbonyl (C=O) groups excluding carboxylic acids is 2. The summed E-state index contributed by atoms with van der Waals surface area (Å²) in [4.78, 5) is 23.5. The van der Waals surface area contributed by atoms with Crippen LogP contribution >= 0.6 is 11.6 Å². The zero-order valence-corrected chi connectivity index (χ0v) is 15.4. The summed E-state index contributed by atoms with van der Waals surface area (Å²) in [6.45, 7) is -0.496. The summed E-state index contributed by atoms with van der Waals surface area (Å²) in [5.74, 6) is -0.788. The van der Waals surface area contributed by atoms with Gasteiger partial charge in [0.25, 0.3) is 5.91 Å². The number of halogens is 2. The number of ether oxygens (including phenoxy) is 3. The first-order chi connectivity index (χ1) is 12.9. The fraction of sp³-hybridized carbons (Fsp3) is 0.158. The largest absolute Gasteiger partial charge is 0.493 e. The van der Waals surface area contributed by atoms with Crippen LogP contribution in [0.2, 0.25) is 5.02 Å². The van der Waals surface area contributed by atoms with E-state index in [4.69, 9.17) is 25.8 Å². The first kappa shape index (κ1) is 20.3. The van der Waals surface area contributed by atoms with Crippen LogP contribution in [0.25, 0.3) is 6.08 Å². The first-order valence-electron chi connectivity index (χ1n) is 7.74. The zero-order chi connectivity index (χ0) is 19.8. The van der Waals surface area contributed by atoms with Gasteiger partial charge in [0.1, 0.15) is 5.82 Å². The number of carbonyl (C=O) groups is 2. The van der Waals surface area contributed by atoms with Crippen LogP contribution in [0.1, 0.15) is 5.56 Å². The maximum atomic E-state index is 13.1. The molecule has 1 amide bonds. The van der Waals surface area contributed by atoms with E-state index in [-0.39, 0.29) is 5.02 Å². The Balaban J connectivity index is 1.87. The minimum Gasteiger partial charge on any atom is -0.493 e. The molecule has 0 aromatic heterocycles. The molecule has 1 N–H and O–H groups in total. The van der Waals surface area contributed by atoms with Gasteiger partial charge in [-0.1, -0.05) is 17.7 Å². The van der Waals surface area contributed by atoms with E-state index < -0.39 is 24.3 Å². The number of benzene rings is 2. The minimum atomic E-state index is -0.697. The van der Waals surface area contributed by atoms with E-state index in [2.05, 4.69) is 5.32 Å². The number of methoxy groups -OCH3 is 2. The monoisotopic (exact) mass is 393 g/mol. The van der Waals surface area contributed by atoms with Crippen LogP contribution in [0.5, 0.6) is 11.5 Å². The summed E-state index contributed by atoms with van der Waals surface area (Å²) in [6.07, 6.45) is 2.70. The van der Waals surface area contributed by atoms with Gasteiger partial charge in [-0.25, -0.2) is 9.18 Å². The average Bonchev–Trinajstić information content (AvgIpc) is 2.67. The predicted molar refractivity (Wildman–Crippen MR) is 99.6 cm³/mol. The quantitative estimate of drug-likeness (QED) is 0.573. The van der Waals surface area contributed by atoms with Gasteiger partial charge >= 0.3 is 5.97 Å². The highest BCUT2D eigenvalue weighted by Gasteiger charge is 2.08. The van der Waals surface area contributed by atoms with Crippen molar-refractivity contribution in [2.75, 3.05) is 26.1 Å². The highest BCUT2D eigenvalue weighted by atomic mass is 35.5. The normalized spacial score (nSPS) is 10.5. The van der Waals surface area contributed by atoms with Gasteiger partial charge in [-0.05, 0) is 42.0 Å². The van der Waals surface area contributed by atoms with Crippen LogP contribution in [-0.2, 0) is 14.3 Å². The molecule has 0 atom stereocenters. The third-order valence-corrected chi connectivity index (χ3v) is 3.66. The lowest BCUT2D eigenvalue weighted by Crippen LogP contribution is -2.20. The van der Waals surface area contributed by atoms with Crippen molar-refractivity contribution in [1.29, 1.82) is 0 Å². The van der Waals surface area contributed by atoms with Gasteiger partial charge in [-0.2, -0.15) is 0 Å². The molecule has 0 spiro atoms. The van der Waals surface area contributed by atoms with Crippen LogP contribution in [0.15, 0.2) is 42.5 Å². The van der Waals surface area contributed by atoms with Crippen molar-refractivity contribution in [2.24, 2.45) is 0 Å². The molecule has 0 fully saturated rings. The van der Waals surface area contributed by atoms with Crippen LogP contribution in [0, 0.1) is 5.82 Å². The summed E-state index contributed by atoms with van der Waals surface area (Å²) in [6, 6.07) is 8.84. The Hall–Kier alpha value is -3.06. The predicted octanol–water partition coefficient (Wildman–Crippen LogP) is 3.69. The van der Waals surface area contributed by atoms with Crippen molar-refractivity contribution < 1.29 is 28.2 Å². The SMILES string of the molecule is COc1ccc(/C=C/C(=O)OCC(=O)Nc2ccc(F)c(Cl)c2)cc1OC. The van der Waals surface area contributed by atoms with E-state index in [9.17, 15) is 14.0 Å². The zero-order valence-electron chi connectivity index (χ0n) is 14.6. The highest BCUT2D eigenvalue weighted by molar-refractivity contribution is 6.31. The molecule has 6 nitrogen and oxygen atoms in total. The van der Waals surface area contributed by atoms with E-state index in [1.807, 2.05) is 0 Å². The first-order valence-corrected chi connectivity index (χ1v) is 8.12. The Labute approximate surface area is 160 Å². The van der Waals surface area contributed by atoms with Gasteiger partial charge in [-0.15, -0.1) is 0 Å². The fourth-order valence-corrected chi connectivity index (χ4v) is 2.26. The Morgan fingerprint density at radius 2 is 1.85 bits per heavy atom. The molecule has 0 aliphatic heterocycles. The molecule has 2 aromatic rings. The maximum Gasteiger partial charge on any atom is 0.331 e. The summed E-state index contributed by atoms with van der Waals surface area (Å²) < 4.78 is 28.2. The standard InChI is InChI=1S/C19H17ClFNO5/c1-25-16-7-3-12(9-17(16)26-2)4-8-19(24)27-11-18(23)22-13-5-6-15(21)14(20)10-13/h3-10H,11H2,1-2H3,(H,22,23)/b8-4+. The van der Waals surface area contributed by atoms with Gasteiger partial charge in [0.05, 0.1) is 19.2 Å². The van der Waals surface area contributed by atoms with E-state index in [1.54, 1.807) is 18.2 Å². The van der Waals surface area contributed by atoms with E-state index in [0.29, 0.717) is 22.7 Å². The fourth-order valence-electron chi connectivity index (χ4n) is 2.08. The molecule has 0 saturated heterocycles. The Bertz CT molecular complexity index is 869. The molecule has 0 radical (unpaired) electrons. The molecule has 2 aromatic carbocycles. The lowest BCUT2D eigenvalue weighted by atomic mass is 10.2. The molecule has 0 aliphatic rings. The van der Waals surface area contributed by atoms with E-state index in [0.717, 1.165) is 6.07 Å². The Morgan fingerprint density at radius 1 is 1.11 bits per heavy atom. The second kappa shape index (κ2) is 9.59. The average molecular weight is 394 g/mol. The molecule has 8 heteroatoms. The molecule has 0 saturated carbocycles. The van der Waals surface area contributed by atoms with Crippen LogP contribution in [0.4, 0.5) is 10.1 Å². The molecule has 0 bridgehead atoms.